The molecule has 0 bridgehead atoms. The van der Waals surface area contributed by atoms with Crippen LogP contribution in [0.1, 0.15) is 0 Å². The van der Waals surface area contributed by atoms with Crippen molar-refractivity contribution in [1.82, 2.24) is 0 Å². The molecule has 0 atom stereocenters. The molecule has 0 aliphatic rings. The molecular formula is Al2Ni2O5. The standard InChI is InChI=1S/2Al.2Ni.5O/q2*+3;2*+2;5*-2. The van der Waals surface area contributed by atoms with E-state index in [1.807, 2.05) is 0 Å². The van der Waals surface area contributed by atoms with Gasteiger partial charge in [-0.05, 0) is 0 Å². The van der Waals surface area contributed by atoms with Gasteiger partial charge in [-0.2, -0.15) is 0 Å². The van der Waals surface area contributed by atoms with Gasteiger partial charge in [0, 0.05) is 0 Å². The maximum atomic E-state index is 0. The maximum absolute atomic E-state index is 0. The second-order valence-electron chi connectivity index (χ2n) is 0. The molecule has 0 N–H and O–H groups in total. The molecule has 9 heteroatoms. The van der Waals surface area contributed by atoms with Crippen molar-refractivity contribution in [3.63, 3.8) is 0 Å². The van der Waals surface area contributed by atoms with Crippen molar-refractivity contribution >= 4 is 34.7 Å². The summed E-state index contributed by atoms with van der Waals surface area (Å²) in [5.74, 6) is 0. The fourth-order valence-electron chi connectivity index (χ4n) is 0. The van der Waals surface area contributed by atoms with E-state index in [-0.39, 0.29) is 95.1 Å². The molecule has 0 aromatic carbocycles. The first-order chi connectivity index (χ1) is 0. The zero-order chi connectivity index (χ0) is 0. The molecule has 9 heavy (non-hydrogen) atoms. The minimum Gasteiger partial charge on any atom is -2.00 e. The van der Waals surface area contributed by atoms with E-state index in [0.717, 1.165) is 0 Å². The van der Waals surface area contributed by atoms with Gasteiger partial charge in [0.25, 0.3) is 0 Å². The predicted molar refractivity (Wildman–Crippen MR) is 14.9 cm³/mol. The summed E-state index contributed by atoms with van der Waals surface area (Å²) in [6.45, 7) is 0. The molecule has 0 aromatic rings. The van der Waals surface area contributed by atoms with Crippen LogP contribution in [0.15, 0.2) is 0 Å². The van der Waals surface area contributed by atoms with Gasteiger partial charge in [0.15, 0.2) is 0 Å². The van der Waals surface area contributed by atoms with E-state index in [2.05, 4.69) is 0 Å². The van der Waals surface area contributed by atoms with E-state index in [9.17, 15) is 0 Å². The topological polar surface area (TPSA) is 142 Å². The Bertz CT molecular complexity index is 12.9. The van der Waals surface area contributed by atoms with Crippen molar-refractivity contribution < 1.29 is 60.4 Å². The fourth-order valence-corrected chi connectivity index (χ4v) is 0. The summed E-state index contributed by atoms with van der Waals surface area (Å²) < 4.78 is 0. The van der Waals surface area contributed by atoms with Crippen molar-refractivity contribution in [1.29, 1.82) is 0 Å². The summed E-state index contributed by atoms with van der Waals surface area (Å²) in [4.78, 5) is 0. The Kier molecular flexibility index (Phi) is 7680. The summed E-state index contributed by atoms with van der Waals surface area (Å²) in [6.07, 6.45) is 0. The molecule has 5 nitrogen and oxygen atoms in total. The largest absolute Gasteiger partial charge is 3.00 e. The van der Waals surface area contributed by atoms with E-state index in [0.29, 0.717) is 0 Å². The van der Waals surface area contributed by atoms with Gasteiger partial charge in [0.1, 0.15) is 0 Å². The van der Waals surface area contributed by atoms with Crippen LogP contribution >= 0.6 is 0 Å². The van der Waals surface area contributed by atoms with Gasteiger partial charge in [0.2, 0.25) is 0 Å². The van der Waals surface area contributed by atoms with Crippen LogP contribution < -0.4 is 0 Å². The van der Waals surface area contributed by atoms with Gasteiger partial charge in [0.05, 0.1) is 0 Å². The van der Waals surface area contributed by atoms with E-state index in [1.165, 1.54) is 0 Å². The third-order valence-corrected chi connectivity index (χ3v) is 0. The summed E-state index contributed by atoms with van der Waals surface area (Å²) in [5.41, 5.74) is 0. The molecule has 0 saturated carbocycles. The molecule has 0 rings (SSSR count). The van der Waals surface area contributed by atoms with Crippen LogP contribution in [0.25, 0.3) is 0 Å². The molecule has 0 heterocycles. The van der Waals surface area contributed by atoms with Gasteiger partial charge < -0.3 is 27.4 Å². The Labute approximate surface area is 94.6 Å². The minimum absolute atomic E-state index is 0. The Morgan fingerprint density at radius 3 is 0.333 bits per heavy atom. The van der Waals surface area contributed by atoms with E-state index in [4.69, 9.17) is 0 Å². The number of rotatable bonds is 0. The predicted octanol–water partition coefficient (Wildman–Crippen LogP) is -1.36. The van der Waals surface area contributed by atoms with Crippen molar-refractivity contribution in [2.75, 3.05) is 0 Å². The first-order valence-electron chi connectivity index (χ1n) is 0. The zero-order valence-corrected chi connectivity index (χ0v) is 8.11. The molecule has 0 aromatic heterocycles. The average molecular weight is 251 g/mol. The first-order valence-corrected chi connectivity index (χ1v) is 0. The van der Waals surface area contributed by atoms with Gasteiger partial charge in [-0.1, -0.05) is 0 Å². The van der Waals surface area contributed by atoms with Gasteiger partial charge in [-0.15, -0.1) is 0 Å². The SMILES string of the molecule is [Al+3].[Al+3].[Ni+2].[Ni+2].[O-2].[O-2].[O-2].[O-2].[O-2]. The van der Waals surface area contributed by atoms with Crippen LogP contribution in [0, 0.1) is 0 Å². The molecule has 0 amide bonds. The Hall–Kier alpha value is 1.85. The van der Waals surface area contributed by atoms with Gasteiger partial charge >= 0.3 is 67.7 Å². The Balaban J connectivity index is 0. The quantitative estimate of drug-likeness (QED) is 0.469. The monoisotopic (exact) mass is 250 g/mol. The second kappa shape index (κ2) is 225. The normalized spacial score (nSPS) is 0. The zero-order valence-electron chi connectivity index (χ0n) is 3.83. The molecule has 0 unspecified atom stereocenters. The van der Waals surface area contributed by atoms with E-state index >= 15 is 0 Å². The summed E-state index contributed by atoms with van der Waals surface area (Å²) in [6, 6.07) is 0. The minimum atomic E-state index is 0. The first kappa shape index (κ1) is 307. The van der Waals surface area contributed by atoms with Gasteiger partial charge in [-0.25, -0.2) is 0 Å². The molecular weight excluding hydrogens is 251 g/mol. The van der Waals surface area contributed by atoms with Crippen molar-refractivity contribution in [2.45, 2.75) is 0 Å². The van der Waals surface area contributed by atoms with Crippen LogP contribution in [0.3, 0.4) is 0 Å². The summed E-state index contributed by atoms with van der Waals surface area (Å²) in [5, 5.41) is 0. The van der Waals surface area contributed by atoms with Crippen LogP contribution in [0.5, 0.6) is 0 Å². The van der Waals surface area contributed by atoms with Gasteiger partial charge in [-0.3, -0.25) is 0 Å². The van der Waals surface area contributed by atoms with E-state index in [1.54, 1.807) is 0 Å². The van der Waals surface area contributed by atoms with Crippen LogP contribution in [-0.4, -0.2) is 34.7 Å². The van der Waals surface area contributed by atoms with Crippen molar-refractivity contribution in [2.24, 2.45) is 0 Å². The molecule has 0 fully saturated rings. The second-order valence-corrected chi connectivity index (χ2v) is 0. The molecule has 0 saturated heterocycles. The Morgan fingerprint density at radius 2 is 0.333 bits per heavy atom. The molecule has 0 spiro atoms. The Morgan fingerprint density at radius 1 is 0.333 bits per heavy atom. The number of hydrogen-bond donors (Lipinski definition) is 0. The smallest absolute Gasteiger partial charge is 2.00 e. The van der Waals surface area contributed by atoms with E-state index < -0.39 is 0 Å². The third-order valence-electron chi connectivity index (χ3n) is 0. The van der Waals surface area contributed by atoms with Crippen molar-refractivity contribution in [3.05, 3.63) is 0 Å². The third kappa shape index (κ3) is 177. The molecule has 0 aliphatic heterocycles. The maximum Gasteiger partial charge on any atom is 3.00 e. The fraction of sp³-hybridized carbons (Fsp3) is 0. The van der Waals surface area contributed by atoms with Crippen LogP contribution in [-0.2, 0) is 60.4 Å². The molecule has 56 valence electrons. The molecule has 0 aliphatic carbocycles. The summed E-state index contributed by atoms with van der Waals surface area (Å²) in [7, 11) is 0. The molecule has 0 radical (unpaired) electrons. The average Bonchev–Trinajstić information content (AvgIpc) is 0. The van der Waals surface area contributed by atoms with Crippen LogP contribution in [0.4, 0.5) is 0 Å². The van der Waals surface area contributed by atoms with Crippen molar-refractivity contribution in [3.8, 4) is 0 Å². The van der Waals surface area contributed by atoms with Crippen LogP contribution in [0.2, 0.25) is 0 Å². The summed E-state index contributed by atoms with van der Waals surface area (Å²) >= 11 is 0. The number of hydrogen-bond acceptors (Lipinski definition) is 0.